The highest BCUT2D eigenvalue weighted by molar-refractivity contribution is 6.35. The quantitative estimate of drug-likeness (QED) is 0.388. The molecule has 8 heteroatoms. The highest BCUT2D eigenvalue weighted by Gasteiger charge is 2.35. The van der Waals surface area contributed by atoms with Gasteiger partial charge in [-0.1, -0.05) is 71.7 Å². The molecule has 3 aromatic carbocycles. The van der Waals surface area contributed by atoms with Gasteiger partial charge in [0.05, 0.1) is 12.6 Å². The third-order valence-corrected chi connectivity index (χ3v) is 7.13. The molecule has 0 spiro atoms. The standard InChI is InChI=1S/C26H27Cl2N5O/c27-20-9-8-19(24(28)12-20)14-32-11-10-30-26(23-7-3-5-18-4-1-2-6-22(18)23)25(32)13-21(34)15-33-17-29-16-31-33/h1-9,12,16-17,21,25-26,30,34H,10-11,13-15H2. The molecule has 0 bridgehead atoms. The van der Waals surface area contributed by atoms with Gasteiger partial charge >= 0.3 is 0 Å². The molecule has 1 aromatic heterocycles. The van der Waals surface area contributed by atoms with Crippen LogP contribution in [0.4, 0.5) is 0 Å². The van der Waals surface area contributed by atoms with E-state index in [2.05, 4.69) is 62.8 Å². The van der Waals surface area contributed by atoms with Gasteiger partial charge in [0.25, 0.3) is 0 Å². The number of piperazine rings is 1. The van der Waals surface area contributed by atoms with Crippen molar-refractivity contribution in [3.8, 4) is 0 Å². The number of aliphatic hydroxyl groups is 1. The van der Waals surface area contributed by atoms with E-state index in [9.17, 15) is 5.11 Å². The van der Waals surface area contributed by atoms with Crippen LogP contribution >= 0.6 is 23.2 Å². The van der Waals surface area contributed by atoms with Crippen LogP contribution in [-0.2, 0) is 13.1 Å². The van der Waals surface area contributed by atoms with Crippen molar-refractivity contribution in [1.29, 1.82) is 0 Å². The molecule has 1 saturated heterocycles. The third kappa shape index (κ3) is 5.11. The number of hydrogen-bond donors (Lipinski definition) is 2. The second-order valence-electron chi connectivity index (χ2n) is 8.78. The Bertz CT molecular complexity index is 1240. The van der Waals surface area contributed by atoms with Crippen LogP contribution in [0.2, 0.25) is 10.0 Å². The van der Waals surface area contributed by atoms with Crippen molar-refractivity contribution in [3.05, 3.63) is 94.5 Å². The Balaban J connectivity index is 1.48. The highest BCUT2D eigenvalue weighted by atomic mass is 35.5. The number of rotatable bonds is 7. The lowest BCUT2D eigenvalue weighted by Gasteiger charge is -2.43. The molecule has 0 amide bonds. The van der Waals surface area contributed by atoms with E-state index in [1.807, 2.05) is 12.1 Å². The van der Waals surface area contributed by atoms with E-state index in [-0.39, 0.29) is 12.1 Å². The molecule has 5 rings (SSSR count). The summed E-state index contributed by atoms with van der Waals surface area (Å²) < 4.78 is 1.67. The van der Waals surface area contributed by atoms with Gasteiger partial charge in [0, 0.05) is 41.8 Å². The number of fused-ring (bicyclic) bond motifs is 1. The van der Waals surface area contributed by atoms with Crippen LogP contribution in [-0.4, -0.2) is 50.0 Å². The van der Waals surface area contributed by atoms with Crippen molar-refractivity contribution in [2.24, 2.45) is 0 Å². The van der Waals surface area contributed by atoms with Gasteiger partial charge in [-0.05, 0) is 40.5 Å². The molecule has 4 aromatic rings. The largest absolute Gasteiger partial charge is 0.391 e. The maximum atomic E-state index is 11.0. The van der Waals surface area contributed by atoms with Gasteiger partial charge in [0.15, 0.2) is 0 Å². The average Bonchev–Trinajstić information content (AvgIpc) is 3.34. The Morgan fingerprint density at radius 1 is 1.09 bits per heavy atom. The van der Waals surface area contributed by atoms with Crippen molar-refractivity contribution in [2.75, 3.05) is 13.1 Å². The molecule has 3 atom stereocenters. The molecule has 0 saturated carbocycles. The lowest BCUT2D eigenvalue weighted by molar-refractivity contribution is 0.0479. The zero-order valence-corrected chi connectivity index (χ0v) is 20.2. The van der Waals surface area contributed by atoms with Crippen molar-refractivity contribution < 1.29 is 5.11 Å². The topological polar surface area (TPSA) is 66.2 Å². The number of aromatic nitrogens is 3. The van der Waals surface area contributed by atoms with E-state index < -0.39 is 6.10 Å². The van der Waals surface area contributed by atoms with Gasteiger partial charge in [0.1, 0.15) is 12.7 Å². The number of halogens is 2. The molecule has 1 aliphatic rings. The summed E-state index contributed by atoms with van der Waals surface area (Å²) in [5, 5.41) is 22.7. The Labute approximate surface area is 209 Å². The molecule has 2 heterocycles. The lowest BCUT2D eigenvalue weighted by Crippen LogP contribution is -2.54. The zero-order chi connectivity index (χ0) is 23.5. The van der Waals surface area contributed by atoms with Gasteiger partial charge in [-0.15, -0.1) is 0 Å². The molecule has 2 N–H and O–H groups in total. The minimum atomic E-state index is -0.577. The van der Waals surface area contributed by atoms with E-state index >= 15 is 0 Å². The Hall–Kier alpha value is -2.48. The van der Waals surface area contributed by atoms with Gasteiger partial charge in [-0.2, -0.15) is 5.10 Å². The monoisotopic (exact) mass is 495 g/mol. The average molecular weight is 496 g/mol. The fourth-order valence-corrected chi connectivity index (χ4v) is 5.43. The number of benzene rings is 3. The fraction of sp³-hybridized carbons (Fsp3) is 0.308. The third-order valence-electron chi connectivity index (χ3n) is 6.54. The molecule has 1 aliphatic heterocycles. The first kappa shape index (κ1) is 23.3. The maximum absolute atomic E-state index is 11.0. The first-order chi connectivity index (χ1) is 16.6. The molecule has 0 radical (unpaired) electrons. The van der Waals surface area contributed by atoms with Crippen LogP contribution in [0, 0.1) is 0 Å². The molecule has 0 aliphatic carbocycles. The van der Waals surface area contributed by atoms with E-state index in [1.165, 1.54) is 22.7 Å². The predicted molar refractivity (Wildman–Crippen MR) is 136 cm³/mol. The van der Waals surface area contributed by atoms with Crippen LogP contribution in [0.15, 0.2) is 73.3 Å². The number of aliphatic hydroxyl groups excluding tert-OH is 1. The minimum absolute atomic E-state index is 0.0461. The summed E-state index contributed by atoms with van der Waals surface area (Å²) in [6.45, 7) is 2.77. The van der Waals surface area contributed by atoms with Crippen LogP contribution in [0.5, 0.6) is 0 Å². The summed E-state index contributed by atoms with van der Waals surface area (Å²) in [5.74, 6) is 0. The fourth-order valence-electron chi connectivity index (χ4n) is 4.96. The molecule has 176 valence electrons. The van der Waals surface area contributed by atoms with Crippen LogP contribution in [0.1, 0.15) is 23.6 Å². The second kappa shape index (κ2) is 10.4. The van der Waals surface area contributed by atoms with E-state index in [0.717, 1.165) is 18.7 Å². The van der Waals surface area contributed by atoms with Gasteiger partial charge < -0.3 is 10.4 Å². The Morgan fingerprint density at radius 2 is 1.94 bits per heavy atom. The lowest BCUT2D eigenvalue weighted by atomic mass is 9.88. The number of nitrogens with zero attached hydrogens (tertiary/aromatic N) is 4. The number of hydrogen-bond acceptors (Lipinski definition) is 5. The van der Waals surface area contributed by atoms with Crippen molar-refractivity contribution in [3.63, 3.8) is 0 Å². The normalized spacial score (nSPS) is 20.0. The molecular formula is C26H27Cl2N5O. The molecule has 3 unspecified atom stereocenters. The van der Waals surface area contributed by atoms with Gasteiger partial charge in [-0.25, -0.2) is 4.98 Å². The first-order valence-corrected chi connectivity index (χ1v) is 12.2. The summed E-state index contributed by atoms with van der Waals surface area (Å²) in [6.07, 6.45) is 3.12. The van der Waals surface area contributed by atoms with E-state index in [1.54, 1.807) is 17.1 Å². The smallest absolute Gasteiger partial charge is 0.137 e. The first-order valence-electron chi connectivity index (χ1n) is 11.5. The zero-order valence-electron chi connectivity index (χ0n) is 18.7. The van der Waals surface area contributed by atoms with E-state index in [4.69, 9.17) is 23.2 Å². The molecule has 34 heavy (non-hydrogen) atoms. The highest BCUT2D eigenvalue weighted by Crippen LogP contribution is 2.34. The molecule has 6 nitrogen and oxygen atoms in total. The van der Waals surface area contributed by atoms with Gasteiger partial charge in [-0.3, -0.25) is 9.58 Å². The van der Waals surface area contributed by atoms with Crippen molar-refractivity contribution in [1.82, 2.24) is 25.0 Å². The Morgan fingerprint density at radius 3 is 2.76 bits per heavy atom. The second-order valence-corrected chi connectivity index (χ2v) is 9.62. The summed E-state index contributed by atoms with van der Waals surface area (Å²) >= 11 is 12.7. The maximum Gasteiger partial charge on any atom is 0.137 e. The summed E-state index contributed by atoms with van der Waals surface area (Å²) in [7, 11) is 0. The van der Waals surface area contributed by atoms with Crippen molar-refractivity contribution in [2.45, 2.75) is 37.7 Å². The SMILES string of the molecule is OC(CC1C(c2cccc3ccccc23)NCCN1Cc1ccc(Cl)cc1Cl)Cn1cncn1. The summed E-state index contributed by atoms with van der Waals surface area (Å²) in [6, 6.07) is 20.6. The summed E-state index contributed by atoms with van der Waals surface area (Å²) in [4.78, 5) is 6.42. The van der Waals surface area contributed by atoms with Crippen LogP contribution in [0.25, 0.3) is 10.8 Å². The van der Waals surface area contributed by atoms with E-state index in [0.29, 0.717) is 29.6 Å². The summed E-state index contributed by atoms with van der Waals surface area (Å²) in [5.41, 5.74) is 2.27. The van der Waals surface area contributed by atoms with Crippen LogP contribution < -0.4 is 5.32 Å². The van der Waals surface area contributed by atoms with Crippen molar-refractivity contribution >= 4 is 34.0 Å². The van der Waals surface area contributed by atoms with Gasteiger partial charge in [0.2, 0.25) is 0 Å². The Kier molecular flexibility index (Phi) is 7.13. The number of nitrogens with one attached hydrogen (secondary N) is 1. The predicted octanol–water partition coefficient (Wildman–Crippen LogP) is 4.70. The van der Waals surface area contributed by atoms with Crippen LogP contribution in [0.3, 0.4) is 0 Å². The molecular weight excluding hydrogens is 469 g/mol. The minimum Gasteiger partial charge on any atom is -0.391 e. The molecule has 1 fully saturated rings.